The molecule has 0 unspecified atom stereocenters. The summed E-state index contributed by atoms with van der Waals surface area (Å²) < 4.78 is 1.99. The Labute approximate surface area is 73.0 Å². The maximum absolute atomic E-state index is 4.39. The second kappa shape index (κ2) is 3.30. The van der Waals surface area contributed by atoms with Crippen LogP contribution in [-0.4, -0.2) is 9.78 Å². The van der Waals surface area contributed by atoms with Gasteiger partial charge in [0.2, 0.25) is 0 Å². The van der Waals surface area contributed by atoms with Crippen molar-refractivity contribution < 1.29 is 0 Å². The number of rotatable bonds is 2. The molecule has 0 aliphatic rings. The first-order valence-corrected chi connectivity index (χ1v) is 4.40. The van der Waals surface area contributed by atoms with E-state index < -0.39 is 0 Å². The highest BCUT2D eigenvalue weighted by atomic mass is 32.1. The first-order valence-electron chi connectivity index (χ1n) is 3.95. The Balaban J connectivity index is 3.12. The van der Waals surface area contributed by atoms with Gasteiger partial charge in [0.15, 0.2) is 0 Å². The number of hydrogen-bond acceptors (Lipinski definition) is 2. The molecular formula is C8H14N2S. The fourth-order valence-electron chi connectivity index (χ4n) is 1.15. The highest BCUT2D eigenvalue weighted by Gasteiger charge is 2.07. The van der Waals surface area contributed by atoms with Crippen LogP contribution in [0.5, 0.6) is 0 Å². The molecule has 0 spiro atoms. The molecule has 0 aromatic carbocycles. The summed E-state index contributed by atoms with van der Waals surface area (Å²) in [4.78, 5) is 1.05. The molecule has 0 bridgehead atoms. The van der Waals surface area contributed by atoms with Gasteiger partial charge >= 0.3 is 0 Å². The molecule has 62 valence electrons. The zero-order valence-corrected chi connectivity index (χ0v) is 8.15. The van der Waals surface area contributed by atoms with E-state index in [2.05, 4.69) is 38.5 Å². The third-order valence-corrected chi connectivity index (χ3v) is 2.46. The number of nitrogens with zero attached hydrogens (tertiary/aromatic N) is 2. The Kier molecular flexibility index (Phi) is 2.60. The second-order valence-corrected chi connectivity index (χ2v) is 3.00. The molecule has 0 fully saturated rings. The Morgan fingerprint density at radius 1 is 1.45 bits per heavy atom. The summed E-state index contributed by atoms with van der Waals surface area (Å²) in [5.74, 6) is 0. The molecule has 1 rings (SSSR count). The van der Waals surface area contributed by atoms with Crippen molar-refractivity contribution in [2.45, 2.75) is 38.6 Å². The lowest BCUT2D eigenvalue weighted by Crippen LogP contribution is -1.98. The van der Waals surface area contributed by atoms with E-state index in [4.69, 9.17) is 0 Å². The summed E-state index contributed by atoms with van der Waals surface area (Å²) in [6, 6.07) is 0. The van der Waals surface area contributed by atoms with Crippen molar-refractivity contribution in [2.75, 3.05) is 0 Å². The lowest BCUT2D eigenvalue weighted by molar-refractivity contribution is 0.629. The molecule has 0 N–H and O–H groups in total. The van der Waals surface area contributed by atoms with Gasteiger partial charge in [-0.2, -0.15) is 5.10 Å². The number of aromatic nitrogens is 2. The van der Waals surface area contributed by atoms with Gasteiger partial charge in [-0.25, -0.2) is 0 Å². The number of thiol groups is 1. The van der Waals surface area contributed by atoms with Gasteiger partial charge in [0.05, 0.1) is 5.69 Å². The molecule has 0 atom stereocenters. The van der Waals surface area contributed by atoms with Crippen LogP contribution in [0.25, 0.3) is 0 Å². The Morgan fingerprint density at radius 2 is 2.09 bits per heavy atom. The van der Waals surface area contributed by atoms with E-state index in [1.54, 1.807) is 0 Å². The average molecular weight is 170 g/mol. The molecule has 0 radical (unpaired) electrons. The van der Waals surface area contributed by atoms with Crippen LogP contribution >= 0.6 is 12.6 Å². The maximum atomic E-state index is 4.39. The van der Waals surface area contributed by atoms with Gasteiger partial charge in [-0.1, -0.05) is 6.92 Å². The third-order valence-electron chi connectivity index (χ3n) is 1.88. The average Bonchev–Trinajstić information content (AvgIpc) is 2.30. The quantitative estimate of drug-likeness (QED) is 0.673. The molecule has 3 heteroatoms. The molecule has 2 nitrogen and oxygen atoms in total. The van der Waals surface area contributed by atoms with E-state index in [-0.39, 0.29) is 0 Å². The SMILES string of the molecule is CCc1nn(CC)c(C)c1S. The third kappa shape index (κ3) is 1.43. The minimum atomic E-state index is 0.930. The summed E-state index contributed by atoms with van der Waals surface area (Å²) in [5.41, 5.74) is 2.28. The molecule has 1 heterocycles. The fraction of sp³-hybridized carbons (Fsp3) is 0.625. The lowest BCUT2D eigenvalue weighted by atomic mass is 10.3. The van der Waals surface area contributed by atoms with Crippen LogP contribution < -0.4 is 0 Å². The van der Waals surface area contributed by atoms with Gasteiger partial charge in [-0.05, 0) is 20.3 Å². The molecule has 0 saturated heterocycles. The van der Waals surface area contributed by atoms with Crippen LogP contribution in [0, 0.1) is 6.92 Å². The van der Waals surface area contributed by atoms with Gasteiger partial charge in [-0.3, -0.25) is 4.68 Å². The Hall–Kier alpha value is -0.440. The van der Waals surface area contributed by atoms with Crippen LogP contribution in [0.15, 0.2) is 4.90 Å². The molecule has 0 aliphatic heterocycles. The van der Waals surface area contributed by atoms with Crippen LogP contribution in [-0.2, 0) is 13.0 Å². The van der Waals surface area contributed by atoms with Crippen molar-refractivity contribution in [1.82, 2.24) is 9.78 Å². The van der Waals surface area contributed by atoms with Crippen LogP contribution in [0.2, 0.25) is 0 Å². The molecule has 0 aliphatic carbocycles. The Morgan fingerprint density at radius 3 is 2.36 bits per heavy atom. The highest BCUT2D eigenvalue weighted by molar-refractivity contribution is 7.80. The van der Waals surface area contributed by atoms with E-state index in [0.717, 1.165) is 23.6 Å². The minimum absolute atomic E-state index is 0.930. The predicted octanol–water partition coefficient (Wildman–Crippen LogP) is 2.06. The first-order chi connectivity index (χ1) is 5.20. The lowest BCUT2D eigenvalue weighted by Gasteiger charge is -1.96. The normalized spacial score (nSPS) is 10.5. The highest BCUT2D eigenvalue weighted by Crippen LogP contribution is 2.17. The van der Waals surface area contributed by atoms with E-state index >= 15 is 0 Å². The molecule has 11 heavy (non-hydrogen) atoms. The van der Waals surface area contributed by atoms with Crippen molar-refractivity contribution in [3.8, 4) is 0 Å². The van der Waals surface area contributed by atoms with Crippen molar-refractivity contribution >= 4 is 12.6 Å². The van der Waals surface area contributed by atoms with Crippen molar-refractivity contribution in [3.63, 3.8) is 0 Å². The predicted molar refractivity (Wildman–Crippen MR) is 49.3 cm³/mol. The monoisotopic (exact) mass is 170 g/mol. The summed E-state index contributed by atoms with van der Waals surface area (Å²) in [7, 11) is 0. The molecular weight excluding hydrogens is 156 g/mol. The van der Waals surface area contributed by atoms with Gasteiger partial charge in [0.25, 0.3) is 0 Å². The van der Waals surface area contributed by atoms with Crippen LogP contribution in [0.4, 0.5) is 0 Å². The number of hydrogen-bond donors (Lipinski definition) is 1. The molecule has 1 aromatic heterocycles. The van der Waals surface area contributed by atoms with Gasteiger partial charge in [0.1, 0.15) is 0 Å². The summed E-state index contributed by atoms with van der Waals surface area (Å²) >= 11 is 4.38. The van der Waals surface area contributed by atoms with E-state index in [9.17, 15) is 0 Å². The Bertz CT molecular complexity index is 228. The topological polar surface area (TPSA) is 17.8 Å². The van der Waals surface area contributed by atoms with Crippen molar-refractivity contribution in [1.29, 1.82) is 0 Å². The van der Waals surface area contributed by atoms with Gasteiger partial charge in [0, 0.05) is 17.1 Å². The second-order valence-electron chi connectivity index (χ2n) is 2.55. The van der Waals surface area contributed by atoms with E-state index in [0.29, 0.717) is 0 Å². The zero-order chi connectivity index (χ0) is 8.43. The van der Waals surface area contributed by atoms with Crippen LogP contribution in [0.1, 0.15) is 25.2 Å². The van der Waals surface area contributed by atoms with Gasteiger partial charge in [-0.15, -0.1) is 12.6 Å². The van der Waals surface area contributed by atoms with Crippen molar-refractivity contribution in [3.05, 3.63) is 11.4 Å². The van der Waals surface area contributed by atoms with Crippen molar-refractivity contribution in [2.24, 2.45) is 0 Å². The zero-order valence-electron chi connectivity index (χ0n) is 7.26. The number of aryl methyl sites for hydroxylation is 2. The van der Waals surface area contributed by atoms with Crippen LogP contribution in [0.3, 0.4) is 0 Å². The van der Waals surface area contributed by atoms with E-state index in [1.807, 2.05) is 4.68 Å². The maximum Gasteiger partial charge on any atom is 0.0757 e. The summed E-state index contributed by atoms with van der Waals surface area (Å²) in [5, 5.41) is 4.39. The minimum Gasteiger partial charge on any atom is -0.269 e. The summed E-state index contributed by atoms with van der Waals surface area (Å²) in [6.45, 7) is 7.17. The van der Waals surface area contributed by atoms with Gasteiger partial charge < -0.3 is 0 Å². The van der Waals surface area contributed by atoms with E-state index in [1.165, 1.54) is 5.69 Å². The fourth-order valence-corrected chi connectivity index (χ4v) is 1.46. The standard InChI is InChI=1S/C8H14N2S/c1-4-7-8(11)6(3)10(5-2)9-7/h11H,4-5H2,1-3H3. The smallest absolute Gasteiger partial charge is 0.0757 e. The first kappa shape index (κ1) is 8.65. The summed E-state index contributed by atoms with van der Waals surface area (Å²) in [6.07, 6.45) is 0.965. The molecule has 0 saturated carbocycles. The largest absolute Gasteiger partial charge is 0.269 e. The molecule has 1 aromatic rings. The molecule has 0 amide bonds.